The molecule has 0 saturated carbocycles. The zero-order chi connectivity index (χ0) is 21.5. The second kappa shape index (κ2) is 7.51. The van der Waals surface area contributed by atoms with E-state index in [1.807, 2.05) is 4.90 Å². The summed E-state index contributed by atoms with van der Waals surface area (Å²) < 4.78 is 67.2. The Morgan fingerprint density at radius 3 is 2.50 bits per heavy atom. The van der Waals surface area contributed by atoms with Crippen LogP contribution in [0.15, 0.2) is 41.1 Å². The summed E-state index contributed by atoms with van der Waals surface area (Å²) in [6.45, 7) is 0.974. The van der Waals surface area contributed by atoms with Gasteiger partial charge in [-0.2, -0.15) is 13.2 Å². The molecular weight excluding hydrogens is 441 g/mol. The van der Waals surface area contributed by atoms with Crippen LogP contribution in [-0.4, -0.2) is 36.2 Å². The van der Waals surface area contributed by atoms with Gasteiger partial charge in [0.15, 0.2) is 0 Å². The first-order chi connectivity index (χ1) is 14.1. The summed E-state index contributed by atoms with van der Waals surface area (Å²) in [6.07, 6.45) is 0.0738. The van der Waals surface area contributed by atoms with E-state index in [1.54, 1.807) is 0 Å². The van der Waals surface area contributed by atoms with Gasteiger partial charge in [0.1, 0.15) is 17.1 Å². The third-order valence-corrected chi connectivity index (χ3v) is 7.22. The van der Waals surface area contributed by atoms with Crippen LogP contribution in [0.3, 0.4) is 0 Å². The zero-order valence-electron chi connectivity index (χ0n) is 15.5. The molecule has 0 aliphatic carbocycles. The average molecular weight is 456 g/mol. The molecule has 0 amide bonds. The average Bonchev–Trinajstić information content (AvgIpc) is 3.18. The van der Waals surface area contributed by atoms with Crippen LogP contribution in [-0.2, 0) is 29.0 Å². The van der Waals surface area contributed by atoms with Crippen molar-refractivity contribution in [1.29, 1.82) is 0 Å². The number of thiazole rings is 1. The molecule has 0 saturated heterocycles. The molecule has 30 heavy (non-hydrogen) atoms. The lowest BCUT2D eigenvalue weighted by atomic mass is 10.1. The van der Waals surface area contributed by atoms with Crippen molar-refractivity contribution in [2.75, 3.05) is 17.7 Å². The Balaban J connectivity index is 1.54. The lowest BCUT2D eigenvalue weighted by molar-refractivity contribution is -0.137. The summed E-state index contributed by atoms with van der Waals surface area (Å²) in [4.78, 5) is 14.3. The van der Waals surface area contributed by atoms with E-state index in [2.05, 4.69) is 15.0 Å². The van der Waals surface area contributed by atoms with Gasteiger partial charge in [0.25, 0.3) is 0 Å². The Morgan fingerprint density at radius 2 is 1.87 bits per heavy atom. The van der Waals surface area contributed by atoms with Gasteiger partial charge in [0.05, 0.1) is 24.0 Å². The van der Waals surface area contributed by atoms with Gasteiger partial charge in [-0.3, -0.25) is 0 Å². The smallest absolute Gasteiger partial charge is 0.416 e. The van der Waals surface area contributed by atoms with Crippen molar-refractivity contribution in [2.45, 2.75) is 23.5 Å². The molecule has 158 valence electrons. The van der Waals surface area contributed by atoms with Crippen LogP contribution >= 0.6 is 11.3 Å². The quantitative estimate of drug-likeness (QED) is 0.592. The molecule has 1 aromatic carbocycles. The molecule has 0 fully saturated rings. The SMILES string of the molecule is CS(=O)(=O)c1ncc(N2CCc3c(ncnc3Oc3ccc(C(F)(F)F)cc3)C2)s1. The molecule has 0 atom stereocenters. The van der Waals surface area contributed by atoms with Crippen LogP contribution in [0, 0.1) is 0 Å². The summed E-state index contributed by atoms with van der Waals surface area (Å²) in [6, 6.07) is 4.40. The van der Waals surface area contributed by atoms with Crippen LogP contribution in [0.25, 0.3) is 0 Å². The fraction of sp³-hybridized carbons (Fsp3) is 0.278. The van der Waals surface area contributed by atoms with E-state index in [9.17, 15) is 21.6 Å². The van der Waals surface area contributed by atoms with Gasteiger partial charge in [-0.25, -0.2) is 23.4 Å². The summed E-state index contributed by atoms with van der Waals surface area (Å²) in [7, 11) is -3.37. The number of hydrogen-bond donors (Lipinski definition) is 0. The molecule has 7 nitrogen and oxygen atoms in total. The molecular formula is C18H15F3N4O3S2. The number of halogens is 3. The Kier molecular flexibility index (Phi) is 5.14. The monoisotopic (exact) mass is 456 g/mol. The van der Waals surface area contributed by atoms with E-state index in [0.29, 0.717) is 36.1 Å². The zero-order valence-corrected chi connectivity index (χ0v) is 17.2. The molecule has 0 bridgehead atoms. The maximum Gasteiger partial charge on any atom is 0.416 e. The molecule has 0 N–H and O–H groups in total. The number of rotatable bonds is 4. The van der Waals surface area contributed by atoms with E-state index in [0.717, 1.165) is 35.3 Å². The number of hydrogen-bond acceptors (Lipinski definition) is 8. The highest BCUT2D eigenvalue weighted by Crippen LogP contribution is 2.35. The van der Waals surface area contributed by atoms with Crippen molar-refractivity contribution in [3.63, 3.8) is 0 Å². The first-order valence-electron chi connectivity index (χ1n) is 8.70. The summed E-state index contributed by atoms with van der Waals surface area (Å²) in [5.74, 6) is 0.534. The van der Waals surface area contributed by atoms with Crippen LogP contribution in [0.1, 0.15) is 16.8 Å². The third kappa shape index (κ3) is 4.24. The molecule has 1 aliphatic rings. The van der Waals surface area contributed by atoms with Gasteiger partial charge in [0.2, 0.25) is 20.1 Å². The molecule has 1 aliphatic heterocycles. The van der Waals surface area contributed by atoms with E-state index >= 15 is 0 Å². The minimum atomic E-state index is -4.41. The van der Waals surface area contributed by atoms with E-state index in [-0.39, 0.29) is 10.1 Å². The van der Waals surface area contributed by atoms with Gasteiger partial charge in [-0.1, -0.05) is 11.3 Å². The van der Waals surface area contributed by atoms with E-state index < -0.39 is 21.6 Å². The van der Waals surface area contributed by atoms with Crippen molar-refractivity contribution in [3.05, 3.63) is 53.6 Å². The third-order valence-electron chi connectivity index (χ3n) is 4.46. The highest BCUT2D eigenvalue weighted by molar-refractivity contribution is 7.92. The summed E-state index contributed by atoms with van der Waals surface area (Å²) >= 11 is 1.09. The number of ether oxygens (including phenoxy) is 1. The number of alkyl halides is 3. The van der Waals surface area contributed by atoms with Gasteiger partial charge >= 0.3 is 6.18 Å². The van der Waals surface area contributed by atoms with Gasteiger partial charge in [0, 0.05) is 18.4 Å². The number of fused-ring (bicyclic) bond motifs is 1. The number of benzene rings is 1. The number of anilines is 1. The molecule has 3 aromatic rings. The minimum absolute atomic E-state index is 0.0531. The Morgan fingerprint density at radius 1 is 1.13 bits per heavy atom. The second-order valence-electron chi connectivity index (χ2n) is 6.64. The lowest BCUT2D eigenvalue weighted by Gasteiger charge is -2.28. The Labute approximate surface area is 174 Å². The van der Waals surface area contributed by atoms with Crippen molar-refractivity contribution in [3.8, 4) is 11.6 Å². The predicted molar refractivity (Wildman–Crippen MR) is 104 cm³/mol. The summed E-state index contributed by atoms with van der Waals surface area (Å²) in [5, 5.41) is 0.713. The normalized spacial score (nSPS) is 14.5. The van der Waals surface area contributed by atoms with Crippen molar-refractivity contribution < 1.29 is 26.3 Å². The Hall–Kier alpha value is -2.73. The first kappa shape index (κ1) is 20.5. The number of aromatic nitrogens is 3. The standard InChI is InChI=1S/C18H15F3N4O3S2/c1-30(26,27)17-22-8-15(29-17)25-7-6-13-14(9-25)23-10-24-16(13)28-12-4-2-11(3-5-12)18(19,20)21/h2-5,8,10H,6-7,9H2,1H3. The van der Waals surface area contributed by atoms with Crippen molar-refractivity contribution in [2.24, 2.45) is 0 Å². The highest BCUT2D eigenvalue weighted by atomic mass is 32.2. The van der Waals surface area contributed by atoms with E-state index in [1.165, 1.54) is 24.7 Å². The van der Waals surface area contributed by atoms with Gasteiger partial charge in [-0.15, -0.1) is 0 Å². The maximum absolute atomic E-state index is 12.7. The lowest BCUT2D eigenvalue weighted by Crippen LogP contribution is -2.30. The first-order valence-corrected chi connectivity index (χ1v) is 11.4. The number of nitrogens with zero attached hydrogens (tertiary/aromatic N) is 4. The van der Waals surface area contributed by atoms with Crippen LogP contribution in [0.2, 0.25) is 0 Å². The minimum Gasteiger partial charge on any atom is -0.439 e. The molecule has 3 heterocycles. The van der Waals surface area contributed by atoms with Crippen molar-refractivity contribution >= 4 is 26.2 Å². The molecule has 0 spiro atoms. The molecule has 12 heteroatoms. The second-order valence-corrected chi connectivity index (χ2v) is 9.83. The fourth-order valence-electron chi connectivity index (χ4n) is 2.99. The molecule has 2 aromatic heterocycles. The fourth-order valence-corrected chi connectivity index (χ4v) is 4.77. The predicted octanol–water partition coefficient (Wildman–Crippen LogP) is 3.71. The van der Waals surface area contributed by atoms with Crippen LogP contribution < -0.4 is 9.64 Å². The molecule has 0 unspecified atom stereocenters. The molecule has 0 radical (unpaired) electrons. The van der Waals surface area contributed by atoms with Gasteiger partial charge in [-0.05, 0) is 30.7 Å². The van der Waals surface area contributed by atoms with Gasteiger partial charge < -0.3 is 9.64 Å². The van der Waals surface area contributed by atoms with E-state index in [4.69, 9.17) is 4.74 Å². The molecule has 4 rings (SSSR count). The largest absolute Gasteiger partial charge is 0.439 e. The van der Waals surface area contributed by atoms with Crippen LogP contribution in [0.4, 0.5) is 18.2 Å². The number of sulfone groups is 1. The highest BCUT2D eigenvalue weighted by Gasteiger charge is 2.30. The van der Waals surface area contributed by atoms with Crippen LogP contribution in [0.5, 0.6) is 11.6 Å². The summed E-state index contributed by atoms with van der Waals surface area (Å²) in [5.41, 5.74) is 0.710. The van der Waals surface area contributed by atoms with Crippen molar-refractivity contribution in [1.82, 2.24) is 15.0 Å². The topological polar surface area (TPSA) is 85.3 Å². The Bertz CT molecular complexity index is 1180. The maximum atomic E-state index is 12.7.